The van der Waals surface area contributed by atoms with E-state index in [4.69, 9.17) is 0 Å². The van der Waals surface area contributed by atoms with Crippen molar-refractivity contribution in [3.63, 3.8) is 0 Å². The van der Waals surface area contributed by atoms with Gasteiger partial charge in [-0.25, -0.2) is 0 Å². The Kier molecular flexibility index (Phi) is 4.56. The van der Waals surface area contributed by atoms with E-state index >= 15 is 0 Å². The van der Waals surface area contributed by atoms with E-state index in [2.05, 4.69) is 4.90 Å². The number of carbonyl (C=O) groups is 3. The molecule has 1 aliphatic heterocycles. The number of fused-ring (bicyclic) bond motifs is 2. The molecule has 3 aliphatic carbocycles. The average Bonchev–Trinajstić information content (AvgIpc) is 2.79. The van der Waals surface area contributed by atoms with E-state index in [1.165, 1.54) is 4.90 Å². The summed E-state index contributed by atoms with van der Waals surface area (Å²) in [4.78, 5) is 40.7. The molecule has 0 aromatic carbocycles. The summed E-state index contributed by atoms with van der Waals surface area (Å²) in [5.41, 5.74) is 0. The molecule has 0 aromatic rings. The van der Waals surface area contributed by atoms with Gasteiger partial charge in [-0.1, -0.05) is 13.8 Å². The monoisotopic (exact) mass is 322 g/mol. The predicted octanol–water partition coefficient (Wildman–Crippen LogP) is 0.289. The van der Waals surface area contributed by atoms with Crippen molar-refractivity contribution in [2.75, 3.05) is 26.2 Å². The number of rotatable bonds is 6. The molecular weight excluding hydrogens is 296 g/mol. The molecule has 1 saturated heterocycles. The van der Waals surface area contributed by atoms with Crippen LogP contribution >= 0.6 is 0 Å². The highest BCUT2D eigenvalue weighted by Crippen LogP contribution is 2.51. The molecule has 23 heavy (non-hydrogen) atoms. The average molecular weight is 322 g/mol. The van der Waals surface area contributed by atoms with Crippen LogP contribution < -0.4 is 0 Å². The number of likely N-dealkylation sites (tertiary alicyclic amines) is 1. The summed E-state index contributed by atoms with van der Waals surface area (Å²) < 4.78 is 0. The molecule has 4 fully saturated rings. The van der Waals surface area contributed by atoms with Crippen molar-refractivity contribution >= 4 is 17.6 Å². The molecule has 3 saturated carbocycles. The van der Waals surface area contributed by atoms with Crippen molar-refractivity contribution < 1.29 is 19.5 Å². The highest BCUT2D eigenvalue weighted by molar-refractivity contribution is 6.08. The summed E-state index contributed by atoms with van der Waals surface area (Å²) in [5, 5.41) is 10.3. The van der Waals surface area contributed by atoms with Crippen molar-refractivity contribution in [1.29, 1.82) is 0 Å². The van der Waals surface area contributed by atoms with Gasteiger partial charge >= 0.3 is 0 Å². The number of Topliss-reactive ketones (excluding diaryl/α,β-unsaturated/α-hetero) is 1. The second kappa shape index (κ2) is 6.32. The van der Waals surface area contributed by atoms with Crippen LogP contribution in [0, 0.1) is 23.7 Å². The van der Waals surface area contributed by atoms with Crippen molar-refractivity contribution in [3.05, 3.63) is 0 Å². The number of imide groups is 1. The second-order valence-electron chi connectivity index (χ2n) is 7.09. The smallest absolute Gasteiger partial charge is 0.233 e. The van der Waals surface area contributed by atoms with Gasteiger partial charge in [-0.2, -0.15) is 0 Å². The Morgan fingerprint density at radius 2 is 1.78 bits per heavy atom. The highest BCUT2D eigenvalue weighted by atomic mass is 16.3. The Bertz CT molecular complexity index is 517. The maximum Gasteiger partial charge on any atom is 0.233 e. The van der Waals surface area contributed by atoms with Gasteiger partial charge in [-0.15, -0.1) is 0 Å². The molecule has 0 spiro atoms. The first-order valence-electron chi connectivity index (χ1n) is 8.76. The van der Waals surface area contributed by atoms with Gasteiger partial charge in [-0.3, -0.25) is 19.3 Å². The highest BCUT2D eigenvalue weighted by Gasteiger charge is 2.60. The summed E-state index contributed by atoms with van der Waals surface area (Å²) >= 11 is 0. The lowest BCUT2D eigenvalue weighted by Crippen LogP contribution is -2.46. The standard InChI is InChI=1S/C17H26N2O4/c1-3-18(4-2)8-11(20)9-19-16(22)14-10-5-6-12(13(21)7-10)15(14)17(19)23/h10-12,14-15,20H,3-9H2,1-2H3. The molecule has 4 aliphatic rings. The first-order chi connectivity index (χ1) is 11.0. The summed E-state index contributed by atoms with van der Waals surface area (Å²) in [5.74, 6) is -1.27. The van der Waals surface area contributed by atoms with Gasteiger partial charge in [0.1, 0.15) is 5.78 Å². The number of nitrogens with zero attached hydrogens (tertiary/aromatic N) is 2. The van der Waals surface area contributed by atoms with Crippen molar-refractivity contribution in [1.82, 2.24) is 9.80 Å². The van der Waals surface area contributed by atoms with Gasteiger partial charge in [0.25, 0.3) is 0 Å². The molecule has 128 valence electrons. The SMILES string of the molecule is CCN(CC)CC(O)CN1C(=O)C2C3CCC(C(=O)C3)C2C1=O. The van der Waals surface area contributed by atoms with Crippen molar-refractivity contribution in [2.45, 2.75) is 39.2 Å². The molecule has 5 atom stereocenters. The number of ketones is 1. The zero-order valence-corrected chi connectivity index (χ0v) is 13.9. The van der Waals surface area contributed by atoms with Crippen molar-refractivity contribution in [3.8, 4) is 0 Å². The Labute approximate surface area is 136 Å². The quantitative estimate of drug-likeness (QED) is 0.711. The second-order valence-corrected chi connectivity index (χ2v) is 7.09. The summed E-state index contributed by atoms with van der Waals surface area (Å²) in [7, 11) is 0. The first-order valence-corrected chi connectivity index (χ1v) is 8.76. The molecule has 4 rings (SSSR count). The van der Waals surface area contributed by atoms with Gasteiger partial charge in [0.15, 0.2) is 0 Å². The van der Waals surface area contributed by atoms with Crippen LogP contribution in [0.4, 0.5) is 0 Å². The van der Waals surface area contributed by atoms with Gasteiger partial charge in [-0.05, 0) is 31.8 Å². The topological polar surface area (TPSA) is 77.9 Å². The third-order valence-corrected chi connectivity index (χ3v) is 5.91. The van der Waals surface area contributed by atoms with Gasteiger partial charge in [0.2, 0.25) is 11.8 Å². The summed E-state index contributed by atoms with van der Waals surface area (Å²) in [6.07, 6.45) is 1.31. The minimum absolute atomic E-state index is 0.0267. The van der Waals surface area contributed by atoms with Crippen LogP contribution in [-0.2, 0) is 14.4 Å². The number of likely N-dealkylation sites (N-methyl/N-ethyl adjacent to an activating group) is 1. The molecule has 2 amide bonds. The van der Waals surface area contributed by atoms with Crippen LogP contribution in [0.2, 0.25) is 0 Å². The fourth-order valence-electron chi connectivity index (χ4n) is 4.67. The third kappa shape index (κ3) is 2.72. The molecule has 1 heterocycles. The Hall–Kier alpha value is -1.27. The van der Waals surface area contributed by atoms with E-state index < -0.39 is 12.0 Å². The number of hydrogen-bond acceptors (Lipinski definition) is 5. The molecule has 1 N–H and O–H groups in total. The fraction of sp³-hybridized carbons (Fsp3) is 0.824. The zero-order valence-electron chi connectivity index (χ0n) is 13.9. The molecule has 0 radical (unpaired) electrons. The Morgan fingerprint density at radius 1 is 1.13 bits per heavy atom. The van der Waals surface area contributed by atoms with E-state index in [0.717, 1.165) is 25.9 Å². The number of hydrogen-bond donors (Lipinski definition) is 1. The summed E-state index contributed by atoms with van der Waals surface area (Å²) in [6.45, 7) is 6.17. The van der Waals surface area contributed by atoms with E-state index in [-0.39, 0.29) is 41.9 Å². The molecule has 0 aromatic heterocycles. The number of amides is 2. The molecular formula is C17H26N2O4. The number of aliphatic hydroxyl groups is 1. The minimum Gasteiger partial charge on any atom is -0.390 e. The molecule has 5 unspecified atom stereocenters. The minimum atomic E-state index is -0.740. The molecule has 2 bridgehead atoms. The van der Waals surface area contributed by atoms with Crippen LogP contribution in [0.5, 0.6) is 0 Å². The number of β-amino-alcohol motifs (C(OH)–C–C–N with tert-alkyl or cyclic N) is 1. The van der Waals surface area contributed by atoms with Crippen LogP contribution in [0.3, 0.4) is 0 Å². The van der Waals surface area contributed by atoms with Crippen LogP contribution in [0.15, 0.2) is 0 Å². The lowest BCUT2D eigenvalue weighted by atomic mass is 9.59. The molecule has 6 heteroatoms. The van der Waals surface area contributed by atoms with E-state index in [1.54, 1.807) is 0 Å². The largest absolute Gasteiger partial charge is 0.390 e. The van der Waals surface area contributed by atoms with Crippen molar-refractivity contribution in [2.24, 2.45) is 23.7 Å². The van der Waals surface area contributed by atoms with Crippen LogP contribution in [0.25, 0.3) is 0 Å². The number of aliphatic hydroxyl groups excluding tert-OH is 1. The van der Waals surface area contributed by atoms with Gasteiger partial charge in [0, 0.05) is 18.9 Å². The maximum atomic E-state index is 12.7. The lowest BCUT2D eigenvalue weighted by Gasteiger charge is -2.41. The van der Waals surface area contributed by atoms with E-state index in [9.17, 15) is 19.5 Å². The Morgan fingerprint density at radius 3 is 2.39 bits per heavy atom. The van der Waals surface area contributed by atoms with Crippen LogP contribution in [-0.4, -0.2) is 64.8 Å². The third-order valence-electron chi connectivity index (χ3n) is 5.91. The van der Waals surface area contributed by atoms with Gasteiger partial charge in [0.05, 0.1) is 24.5 Å². The fourth-order valence-corrected chi connectivity index (χ4v) is 4.67. The lowest BCUT2D eigenvalue weighted by molar-refractivity contribution is -0.144. The van der Waals surface area contributed by atoms with Crippen LogP contribution in [0.1, 0.15) is 33.1 Å². The predicted molar refractivity (Wildman–Crippen MR) is 83.3 cm³/mol. The first kappa shape index (κ1) is 16.6. The van der Waals surface area contributed by atoms with E-state index in [1.807, 2.05) is 13.8 Å². The molecule has 6 nitrogen and oxygen atoms in total. The summed E-state index contributed by atoms with van der Waals surface area (Å²) in [6, 6.07) is 0. The van der Waals surface area contributed by atoms with E-state index in [0.29, 0.717) is 13.0 Å². The number of carbonyl (C=O) groups excluding carboxylic acids is 3. The maximum absolute atomic E-state index is 12.7. The zero-order chi connectivity index (χ0) is 16.7. The normalized spacial score (nSPS) is 34.4. The van der Waals surface area contributed by atoms with Gasteiger partial charge < -0.3 is 10.0 Å². The Balaban J connectivity index is 1.71.